The zero-order valence-electron chi connectivity index (χ0n) is 9.95. The van der Waals surface area contributed by atoms with Crippen LogP contribution in [-0.2, 0) is 4.79 Å². The fourth-order valence-electron chi connectivity index (χ4n) is 1.24. The van der Waals surface area contributed by atoms with Gasteiger partial charge in [0.25, 0.3) is 5.69 Å². The minimum atomic E-state index is -2.05. The number of carboxylic acids is 1. The van der Waals surface area contributed by atoms with Crippen LogP contribution in [0.1, 0.15) is 12.5 Å². The van der Waals surface area contributed by atoms with Gasteiger partial charge in [0.15, 0.2) is 5.60 Å². The lowest BCUT2D eigenvalue weighted by Crippen LogP contribution is -2.41. The molecule has 0 bridgehead atoms. The first-order chi connectivity index (χ1) is 8.77. The molecule has 1 aromatic rings. The van der Waals surface area contributed by atoms with Crippen molar-refractivity contribution < 1.29 is 19.9 Å². The second-order valence-electron chi connectivity index (χ2n) is 4.03. The van der Waals surface area contributed by atoms with Crippen LogP contribution in [0.2, 0.25) is 0 Å². The van der Waals surface area contributed by atoms with Crippen molar-refractivity contribution in [3.63, 3.8) is 0 Å². The maximum absolute atomic E-state index is 10.8. The summed E-state index contributed by atoms with van der Waals surface area (Å²) in [6.45, 7) is 0.660. The van der Waals surface area contributed by atoms with Crippen molar-refractivity contribution in [3.05, 3.63) is 33.9 Å². The van der Waals surface area contributed by atoms with Crippen molar-refractivity contribution in [2.45, 2.75) is 12.5 Å². The molecule has 8 nitrogen and oxygen atoms in total. The van der Waals surface area contributed by atoms with Crippen LogP contribution < -0.4 is 5.32 Å². The average Bonchev–Trinajstić information content (AvgIpc) is 2.35. The highest BCUT2D eigenvalue weighted by atomic mass is 16.6. The molecular formula is C11H11N3O5. The minimum Gasteiger partial charge on any atom is -0.479 e. The molecule has 8 heteroatoms. The molecule has 0 amide bonds. The van der Waals surface area contributed by atoms with Gasteiger partial charge < -0.3 is 15.5 Å². The number of benzene rings is 1. The van der Waals surface area contributed by atoms with Gasteiger partial charge in [-0.1, -0.05) is 0 Å². The van der Waals surface area contributed by atoms with Crippen LogP contribution in [0.3, 0.4) is 0 Å². The van der Waals surface area contributed by atoms with Gasteiger partial charge in [0.2, 0.25) is 0 Å². The number of rotatable bonds is 5. The largest absolute Gasteiger partial charge is 0.479 e. The smallest absolute Gasteiger partial charge is 0.337 e. The van der Waals surface area contributed by atoms with Crippen LogP contribution in [-0.4, -0.2) is 33.3 Å². The van der Waals surface area contributed by atoms with Gasteiger partial charge in [-0.05, 0) is 19.1 Å². The van der Waals surface area contributed by atoms with Crippen molar-refractivity contribution in [2.75, 3.05) is 11.9 Å². The van der Waals surface area contributed by atoms with Gasteiger partial charge >= 0.3 is 5.97 Å². The number of hydrogen-bond acceptors (Lipinski definition) is 6. The van der Waals surface area contributed by atoms with Crippen LogP contribution in [0.4, 0.5) is 11.4 Å². The van der Waals surface area contributed by atoms with Crippen LogP contribution in [0, 0.1) is 21.4 Å². The standard InChI is InChI=1S/C11H11N3O5/c1-11(17,10(15)16)6-13-8-3-2-7(5-12)4-9(8)14(18)19/h2-4,13,17H,6H2,1H3,(H,15,16). The number of carboxylic acid groups (broad SMARTS) is 1. The topological polar surface area (TPSA) is 136 Å². The number of anilines is 1. The third kappa shape index (κ3) is 3.40. The fourth-order valence-corrected chi connectivity index (χ4v) is 1.24. The van der Waals surface area contributed by atoms with E-state index in [1.54, 1.807) is 6.07 Å². The third-order valence-corrected chi connectivity index (χ3v) is 2.41. The summed E-state index contributed by atoms with van der Waals surface area (Å²) in [4.78, 5) is 20.8. The van der Waals surface area contributed by atoms with E-state index in [2.05, 4.69) is 5.32 Å². The van der Waals surface area contributed by atoms with E-state index in [9.17, 15) is 20.0 Å². The molecule has 0 saturated carbocycles. The highest BCUT2D eigenvalue weighted by molar-refractivity contribution is 5.77. The number of aliphatic carboxylic acids is 1. The van der Waals surface area contributed by atoms with E-state index < -0.39 is 23.0 Å². The summed E-state index contributed by atoms with van der Waals surface area (Å²) < 4.78 is 0. The lowest BCUT2D eigenvalue weighted by molar-refractivity contribution is -0.384. The number of nitrogens with one attached hydrogen (secondary N) is 1. The molecule has 0 aromatic heterocycles. The third-order valence-electron chi connectivity index (χ3n) is 2.41. The number of nitro benzene ring substituents is 1. The second kappa shape index (κ2) is 5.32. The van der Waals surface area contributed by atoms with Crippen LogP contribution in [0.15, 0.2) is 18.2 Å². The summed E-state index contributed by atoms with van der Waals surface area (Å²) in [7, 11) is 0. The molecule has 1 atom stereocenters. The van der Waals surface area contributed by atoms with E-state index in [0.717, 1.165) is 13.0 Å². The van der Waals surface area contributed by atoms with Gasteiger partial charge in [0, 0.05) is 6.07 Å². The predicted molar refractivity (Wildman–Crippen MR) is 64.6 cm³/mol. The summed E-state index contributed by atoms with van der Waals surface area (Å²) in [5, 5.41) is 40.2. The molecule has 1 rings (SSSR count). The van der Waals surface area contributed by atoms with Gasteiger partial charge in [0.05, 0.1) is 23.1 Å². The van der Waals surface area contributed by atoms with Crippen molar-refractivity contribution in [2.24, 2.45) is 0 Å². The highest BCUT2D eigenvalue weighted by Crippen LogP contribution is 2.25. The molecule has 1 unspecified atom stereocenters. The maximum atomic E-state index is 10.8. The number of nitriles is 1. The zero-order valence-corrected chi connectivity index (χ0v) is 9.95. The summed E-state index contributed by atoms with van der Waals surface area (Å²) in [6.07, 6.45) is 0. The molecule has 0 fully saturated rings. The zero-order chi connectivity index (χ0) is 14.6. The van der Waals surface area contributed by atoms with Crippen LogP contribution in [0.5, 0.6) is 0 Å². The predicted octanol–water partition coefficient (Wildman–Crippen LogP) is 0.714. The summed E-state index contributed by atoms with van der Waals surface area (Å²) in [5.74, 6) is -1.45. The molecule has 3 N–H and O–H groups in total. The monoisotopic (exact) mass is 265 g/mol. The Kier molecular flexibility index (Phi) is 4.04. The quantitative estimate of drug-likeness (QED) is 0.526. The molecule has 19 heavy (non-hydrogen) atoms. The van der Waals surface area contributed by atoms with Crippen LogP contribution in [0.25, 0.3) is 0 Å². The first-order valence-corrected chi connectivity index (χ1v) is 5.16. The highest BCUT2D eigenvalue weighted by Gasteiger charge is 2.30. The Bertz CT molecular complexity index is 562. The molecule has 100 valence electrons. The van der Waals surface area contributed by atoms with E-state index in [0.29, 0.717) is 0 Å². The number of aliphatic hydroxyl groups is 1. The number of carbonyl (C=O) groups is 1. The Hall–Kier alpha value is -2.66. The van der Waals surface area contributed by atoms with Gasteiger partial charge in [-0.3, -0.25) is 10.1 Å². The molecular weight excluding hydrogens is 254 g/mol. The lowest BCUT2D eigenvalue weighted by atomic mass is 10.1. The van der Waals surface area contributed by atoms with Crippen molar-refractivity contribution in [1.29, 1.82) is 5.26 Å². The Morgan fingerprint density at radius 2 is 2.26 bits per heavy atom. The second-order valence-corrected chi connectivity index (χ2v) is 4.03. The van der Waals surface area contributed by atoms with E-state index in [-0.39, 0.29) is 16.9 Å². The SMILES string of the molecule is CC(O)(CNc1ccc(C#N)cc1[N+](=O)[O-])C(=O)O. The van der Waals surface area contributed by atoms with E-state index in [4.69, 9.17) is 10.4 Å². The molecule has 0 aliphatic heterocycles. The van der Waals surface area contributed by atoms with Gasteiger partial charge in [0.1, 0.15) is 5.69 Å². The molecule has 0 heterocycles. The summed E-state index contributed by atoms with van der Waals surface area (Å²) in [5.41, 5.74) is -2.27. The molecule has 0 saturated heterocycles. The number of nitro groups is 1. The Labute approximate surface area is 108 Å². The molecule has 0 aliphatic carbocycles. The molecule has 0 aliphatic rings. The summed E-state index contributed by atoms with van der Waals surface area (Å²) in [6, 6.07) is 5.47. The van der Waals surface area contributed by atoms with Crippen molar-refractivity contribution in [3.8, 4) is 6.07 Å². The van der Waals surface area contributed by atoms with Crippen molar-refractivity contribution in [1.82, 2.24) is 0 Å². The first kappa shape index (κ1) is 14.4. The first-order valence-electron chi connectivity index (χ1n) is 5.16. The number of nitrogens with zero attached hydrogens (tertiary/aromatic N) is 2. The van der Waals surface area contributed by atoms with Gasteiger partial charge in [-0.15, -0.1) is 0 Å². The number of hydrogen-bond donors (Lipinski definition) is 3. The van der Waals surface area contributed by atoms with Gasteiger partial charge in [-0.25, -0.2) is 4.79 Å². The van der Waals surface area contributed by atoms with E-state index in [1.165, 1.54) is 12.1 Å². The fraction of sp³-hybridized carbons (Fsp3) is 0.273. The molecule has 0 radical (unpaired) electrons. The van der Waals surface area contributed by atoms with Crippen molar-refractivity contribution >= 4 is 17.3 Å². The minimum absolute atomic E-state index is 0.0329. The Morgan fingerprint density at radius 3 is 2.74 bits per heavy atom. The van der Waals surface area contributed by atoms with Crippen LogP contribution >= 0.6 is 0 Å². The summed E-state index contributed by atoms with van der Waals surface area (Å²) >= 11 is 0. The van der Waals surface area contributed by atoms with E-state index >= 15 is 0 Å². The lowest BCUT2D eigenvalue weighted by Gasteiger charge is -2.18. The van der Waals surface area contributed by atoms with E-state index in [1.807, 2.05) is 0 Å². The van der Waals surface area contributed by atoms with Gasteiger partial charge in [-0.2, -0.15) is 5.26 Å². The molecule has 1 aromatic carbocycles. The maximum Gasteiger partial charge on any atom is 0.337 e. The Morgan fingerprint density at radius 1 is 1.63 bits per heavy atom. The Balaban J connectivity index is 2.99. The molecule has 0 spiro atoms. The normalized spacial score (nSPS) is 13.1. The average molecular weight is 265 g/mol.